The summed E-state index contributed by atoms with van der Waals surface area (Å²) < 4.78 is 37.9. The van der Waals surface area contributed by atoms with Crippen LogP contribution in [0, 0.1) is 5.92 Å². The van der Waals surface area contributed by atoms with E-state index in [1.54, 1.807) is 19.1 Å². The summed E-state index contributed by atoms with van der Waals surface area (Å²) >= 11 is 1.04. The van der Waals surface area contributed by atoms with Crippen molar-refractivity contribution in [2.45, 2.75) is 24.7 Å². The van der Waals surface area contributed by atoms with Gasteiger partial charge in [0, 0.05) is 18.7 Å². The fraction of sp³-hybridized carbons (Fsp3) is 0.320. The Kier molecular flexibility index (Phi) is 8.02. The number of sulfonamides is 1. The Hall–Kier alpha value is -3.28. The molecular weight excluding hydrogens is 502 g/mol. The highest BCUT2D eigenvalue weighted by atomic mass is 32.2. The Labute approximate surface area is 214 Å². The van der Waals surface area contributed by atoms with Crippen LogP contribution in [-0.4, -0.2) is 56.4 Å². The van der Waals surface area contributed by atoms with Crippen molar-refractivity contribution in [2.75, 3.05) is 32.1 Å². The van der Waals surface area contributed by atoms with Crippen molar-refractivity contribution in [2.24, 2.45) is 5.92 Å². The van der Waals surface area contributed by atoms with Crippen molar-refractivity contribution in [3.8, 4) is 17.0 Å². The number of ether oxygens (including phenoxy) is 2. The molecule has 1 fully saturated rings. The molecule has 4 rings (SSSR count). The van der Waals surface area contributed by atoms with Crippen molar-refractivity contribution in [1.29, 1.82) is 0 Å². The highest BCUT2D eigenvalue weighted by molar-refractivity contribution is 7.89. The first kappa shape index (κ1) is 25.8. The van der Waals surface area contributed by atoms with Gasteiger partial charge in [-0.05, 0) is 44.0 Å². The molecule has 0 saturated carbocycles. The van der Waals surface area contributed by atoms with E-state index in [-0.39, 0.29) is 29.1 Å². The Morgan fingerprint density at radius 1 is 1.14 bits per heavy atom. The molecule has 2 heterocycles. The Morgan fingerprint density at radius 2 is 1.86 bits per heavy atom. The lowest BCUT2D eigenvalue weighted by molar-refractivity contribution is -0.120. The summed E-state index contributed by atoms with van der Waals surface area (Å²) in [6.45, 7) is 2.33. The van der Waals surface area contributed by atoms with E-state index >= 15 is 0 Å². The third kappa shape index (κ3) is 5.58. The van der Waals surface area contributed by atoms with Gasteiger partial charge in [0.15, 0.2) is 5.13 Å². The molecule has 36 heavy (non-hydrogen) atoms. The van der Waals surface area contributed by atoms with Crippen LogP contribution in [0.5, 0.6) is 5.75 Å². The van der Waals surface area contributed by atoms with E-state index < -0.39 is 21.9 Å². The van der Waals surface area contributed by atoms with Gasteiger partial charge in [0.2, 0.25) is 15.9 Å². The molecule has 1 aliphatic rings. The van der Waals surface area contributed by atoms with Gasteiger partial charge in [-0.1, -0.05) is 41.7 Å². The van der Waals surface area contributed by atoms with E-state index in [1.165, 1.54) is 23.5 Å². The first-order valence-electron chi connectivity index (χ1n) is 11.5. The number of piperidine rings is 1. The third-order valence-electron chi connectivity index (χ3n) is 5.82. The number of carbonyl (C=O) groups excluding carboxylic acids is 2. The number of amides is 1. The van der Waals surface area contributed by atoms with E-state index in [2.05, 4.69) is 10.3 Å². The lowest BCUT2D eigenvalue weighted by Crippen LogP contribution is -2.43. The molecule has 0 spiro atoms. The molecule has 9 nitrogen and oxygen atoms in total. The second kappa shape index (κ2) is 11.2. The van der Waals surface area contributed by atoms with Crippen LogP contribution in [0.1, 0.15) is 29.4 Å². The van der Waals surface area contributed by atoms with Gasteiger partial charge in [-0.2, -0.15) is 4.31 Å². The molecule has 1 saturated heterocycles. The zero-order chi connectivity index (χ0) is 25.7. The first-order valence-corrected chi connectivity index (χ1v) is 13.8. The summed E-state index contributed by atoms with van der Waals surface area (Å²) in [7, 11) is -2.25. The minimum Gasteiger partial charge on any atom is -0.497 e. The zero-order valence-corrected chi connectivity index (χ0v) is 21.6. The number of carbonyl (C=O) groups is 2. The minimum atomic E-state index is -3.76. The molecule has 11 heteroatoms. The fourth-order valence-corrected chi connectivity index (χ4v) is 6.39. The number of thiazole rings is 1. The summed E-state index contributed by atoms with van der Waals surface area (Å²) in [5.41, 5.74) is 1.16. The highest BCUT2D eigenvalue weighted by Gasteiger charge is 2.34. The number of nitrogens with zero attached hydrogens (tertiary/aromatic N) is 2. The highest BCUT2D eigenvalue weighted by Crippen LogP contribution is 2.33. The van der Waals surface area contributed by atoms with Gasteiger partial charge in [0.25, 0.3) is 0 Å². The normalized spacial score (nSPS) is 16.3. The summed E-state index contributed by atoms with van der Waals surface area (Å²) in [5, 5.41) is 3.05. The number of rotatable bonds is 8. The van der Waals surface area contributed by atoms with Gasteiger partial charge in [-0.15, -0.1) is 0 Å². The number of nitrogens with one attached hydrogen (secondary N) is 1. The summed E-state index contributed by atoms with van der Waals surface area (Å²) in [4.78, 5) is 30.6. The summed E-state index contributed by atoms with van der Waals surface area (Å²) in [5.74, 6) is -0.843. The second-order valence-electron chi connectivity index (χ2n) is 8.15. The largest absolute Gasteiger partial charge is 0.497 e. The van der Waals surface area contributed by atoms with Gasteiger partial charge < -0.3 is 14.8 Å². The maximum absolute atomic E-state index is 13.1. The molecule has 1 N–H and O–H groups in total. The quantitative estimate of drug-likeness (QED) is 0.438. The fourth-order valence-electron chi connectivity index (χ4n) is 3.98. The average Bonchev–Trinajstić information content (AvgIpc) is 3.33. The summed E-state index contributed by atoms with van der Waals surface area (Å²) in [6, 6.07) is 15.4. The SMILES string of the molecule is CCOC(=O)c1sc(NC(=O)C2CCCN(S(=O)(=O)c3ccc(OC)cc3)C2)nc1-c1ccccc1. The van der Waals surface area contributed by atoms with Crippen molar-refractivity contribution < 1.29 is 27.5 Å². The van der Waals surface area contributed by atoms with Crippen LogP contribution >= 0.6 is 11.3 Å². The lowest BCUT2D eigenvalue weighted by Gasteiger charge is -2.31. The van der Waals surface area contributed by atoms with E-state index in [4.69, 9.17) is 9.47 Å². The van der Waals surface area contributed by atoms with Gasteiger partial charge >= 0.3 is 5.97 Å². The minimum absolute atomic E-state index is 0.0574. The molecule has 3 aromatic rings. The smallest absolute Gasteiger partial charge is 0.350 e. The van der Waals surface area contributed by atoms with Crippen LogP contribution in [-0.2, 0) is 19.6 Å². The predicted octanol–water partition coefficient (Wildman–Crippen LogP) is 4.03. The van der Waals surface area contributed by atoms with E-state index in [1.807, 2.05) is 30.3 Å². The van der Waals surface area contributed by atoms with Crippen LogP contribution in [0.15, 0.2) is 59.5 Å². The number of methoxy groups -OCH3 is 1. The van der Waals surface area contributed by atoms with Gasteiger partial charge in [-0.25, -0.2) is 18.2 Å². The van der Waals surface area contributed by atoms with Crippen LogP contribution in [0.4, 0.5) is 5.13 Å². The molecule has 0 aliphatic carbocycles. The van der Waals surface area contributed by atoms with E-state index in [0.717, 1.165) is 16.9 Å². The van der Waals surface area contributed by atoms with Gasteiger partial charge in [-0.3, -0.25) is 4.79 Å². The molecule has 190 valence electrons. The van der Waals surface area contributed by atoms with Crippen LogP contribution < -0.4 is 10.1 Å². The number of hydrogen-bond donors (Lipinski definition) is 1. The molecule has 2 aromatic carbocycles. The predicted molar refractivity (Wildman–Crippen MR) is 137 cm³/mol. The maximum Gasteiger partial charge on any atom is 0.350 e. The number of hydrogen-bond acceptors (Lipinski definition) is 8. The average molecular weight is 530 g/mol. The van der Waals surface area contributed by atoms with Crippen molar-refractivity contribution in [1.82, 2.24) is 9.29 Å². The lowest BCUT2D eigenvalue weighted by atomic mass is 9.99. The molecule has 1 aliphatic heterocycles. The monoisotopic (exact) mass is 529 g/mol. The van der Waals surface area contributed by atoms with Gasteiger partial charge in [0.1, 0.15) is 10.6 Å². The number of benzene rings is 2. The van der Waals surface area contributed by atoms with Crippen LogP contribution in [0.3, 0.4) is 0 Å². The number of aromatic nitrogens is 1. The topological polar surface area (TPSA) is 115 Å². The molecule has 1 aromatic heterocycles. The Morgan fingerprint density at radius 3 is 2.53 bits per heavy atom. The van der Waals surface area contributed by atoms with Crippen LogP contribution in [0.2, 0.25) is 0 Å². The van der Waals surface area contributed by atoms with Crippen LogP contribution in [0.25, 0.3) is 11.3 Å². The molecule has 1 amide bonds. The zero-order valence-electron chi connectivity index (χ0n) is 20.0. The standard InChI is InChI=1S/C25H27N3O6S2/c1-3-34-24(30)22-21(17-8-5-4-6-9-17)26-25(35-22)27-23(29)18-10-7-15-28(16-18)36(31,32)20-13-11-19(33-2)12-14-20/h4-6,8-9,11-14,18H,3,7,10,15-16H2,1-2H3,(H,26,27,29). The molecule has 0 radical (unpaired) electrons. The van der Waals surface area contributed by atoms with Crippen molar-refractivity contribution in [3.05, 3.63) is 59.5 Å². The van der Waals surface area contributed by atoms with E-state index in [0.29, 0.717) is 35.7 Å². The Bertz CT molecular complexity index is 1320. The Balaban J connectivity index is 1.51. The third-order valence-corrected chi connectivity index (χ3v) is 8.65. The van der Waals surface area contributed by atoms with Crippen molar-refractivity contribution >= 4 is 38.4 Å². The van der Waals surface area contributed by atoms with E-state index in [9.17, 15) is 18.0 Å². The number of anilines is 1. The molecular formula is C25H27N3O6S2. The number of esters is 1. The second-order valence-corrected chi connectivity index (χ2v) is 11.1. The molecule has 1 atom stereocenters. The maximum atomic E-state index is 13.1. The van der Waals surface area contributed by atoms with Gasteiger partial charge in [0.05, 0.1) is 30.2 Å². The molecule has 0 bridgehead atoms. The first-order chi connectivity index (χ1) is 17.3. The molecule has 1 unspecified atom stereocenters. The summed E-state index contributed by atoms with van der Waals surface area (Å²) in [6.07, 6.45) is 1.09. The van der Waals surface area contributed by atoms with Crippen molar-refractivity contribution in [3.63, 3.8) is 0 Å².